The molecule has 0 saturated carbocycles. The first-order chi connectivity index (χ1) is 6.68. The third-order valence-electron chi connectivity index (χ3n) is 2.55. The van der Waals surface area contributed by atoms with Gasteiger partial charge in [-0.25, -0.2) is 0 Å². The minimum atomic E-state index is 0.110. The summed E-state index contributed by atoms with van der Waals surface area (Å²) in [5.41, 5.74) is 3.46. The maximum atomic E-state index is 11.2. The lowest BCUT2D eigenvalue weighted by molar-refractivity contribution is -0.121. The van der Waals surface area contributed by atoms with Crippen molar-refractivity contribution < 1.29 is 4.79 Å². The Labute approximate surface area is 83.5 Å². The van der Waals surface area contributed by atoms with Gasteiger partial charge in [0.1, 0.15) is 0 Å². The summed E-state index contributed by atoms with van der Waals surface area (Å²) in [6.45, 7) is 4.88. The summed E-state index contributed by atoms with van der Waals surface area (Å²) >= 11 is 0. The summed E-state index contributed by atoms with van der Waals surface area (Å²) in [6.07, 6.45) is 2.30. The monoisotopic (exact) mass is 190 g/mol. The van der Waals surface area contributed by atoms with E-state index in [9.17, 15) is 4.79 Å². The van der Waals surface area contributed by atoms with Crippen molar-refractivity contribution in [1.82, 2.24) is 10.3 Å². The number of hydrogen-bond donors (Lipinski definition) is 1. The lowest BCUT2D eigenvalue weighted by Crippen LogP contribution is -2.31. The van der Waals surface area contributed by atoms with Crippen LogP contribution in [0.3, 0.4) is 0 Å². The van der Waals surface area contributed by atoms with Gasteiger partial charge in [0.05, 0.1) is 6.42 Å². The molecule has 2 rings (SSSR count). The van der Waals surface area contributed by atoms with Crippen LogP contribution in [0.2, 0.25) is 0 Å². The van der Waals surface area contributed by atoms with E-state index >= 15 is 0 Å². The number of hydrogen-bond acceptors (Lipinski definition) is 2. The largest absolute Gasteiger partial charge is 0.352 e. The average Bonchev–Trinajstić information content (AvgIpc) is 2.16. The van der Waals surface area contributed by atoms with Crippen LogP contribution in [0.5, 0.6) is 0 Å². The fourth-order valence-corrected chi connectivity index (χ4v) is 1.84. The molecule has 0 saturated heterocycles. The lowest BCUT2D eigenvalue weighted by atomic mass is 9.95. The Morgan fingerprint density at radius 3 is 3.00 bits per heavy atom. The van der Waals surface area contributed by atoms with Gasteiger partial charge in [-0.3, -0.25) is 9.78 Å². The summed E-state index contributed by atoms with van der Waals surface area (Å²) in [7, 11) is 0. The molecule has 0 fully saturated rings. The Morgan fingerprint density at radius 2 is 2.29 bits per heavy atom. The first kappa shape index (κ1) is 9.19. The van der Waals surface area contributed by atoms with Crippen LogP contribution >= 0.6 is 0 Å². The Balaban J connectivity index is 2.46. The van der Waals surface area contributed by atoms with Crippen LogP contribution in [0.15, 0.2) is 12.3 Å². The molecule has 3 heteroatoms. The molecule has 1 amide bonds. The Bertz CT molecular complexity index is 372. The van der Waals surface area contributed by atoms with Gasteiger partial charge >= 0.3 is 0 Å². The van der Waals surface area contributed by atoms with Crippen LogP contribution in [-0.4, -0.2) is 10.9 Å². The van der Waals surface area contributed by atoms with E-state index in [-0.39, 0.29) is 5.91 Å². The van der Waals surface area contributed by atoms with Crippen molar-refractivity contribution in [1.29, 1.82) is 0 Å². The maximum Gasteiger partial charge on any atom is 0.224 e. The van der Waals surface area contributed by atoms with Crippen LogP contribution in [-0.2, 0) is 17.8 Å². The molecule has 0 atom stereocenters. The first-order valence-corrected chi connectivity index (χ1v) is 4.92. The zero-order chi connectivity index (χ0) is 10.1. The van der Waals surface area contributed by atoms with Crippen molar-refractivity contribution in [3.8, 4) is 0 Å². The molecular formula is C11H14N2O. The number of pyridine rings is 1. The number of nitrogens with one attached hydrogen (secondary N) is 1. The van der Waals surface area contributed by atoms with E-state index in [0.29, 0.717) is 18.9 Å². The number of amides is 1. The minimum Gasteiger partial charge on any atom is -0.352 e. The summed E-state index contributed by atoms with van der Waals surface area (Å²) in [5, 5.41) is 2.85. The van der Waals surface area contributed by atoms with Crippen molar-refractivity contribution >= 4 is 5.91 Å². The predicted octanol–water partition coefficient (Wildman–Crippen LogP) is 1.38. The van der Waals surface area contributed by atoms with Gasteiger partial charge in [0.25, 0.3) is 0 Å². The van der Waals surface area contributed by atoms with Crippen LogP contribution < -0.4 is 5.32 Å². The molecule has 0 bridgehead atoms. The van der Waals surface area contributed by atoms with Crippen LogP contribution in [0, 0.1) is 0 Å². The quantitative estimate of drug-likeness (QED) is 0.726. The van der Waals surface area contributed by atoms with E-state index in [1.807, 2.05) is 6.07 Å². The number of carbonyl (C=O) groups is 1. The second kappa shape index (κ2) is 3.40. The van der Waals surface area contributed by atoms with Gasteiger partial charge in [-0.15, -0.1) is 0 Å². The highest BCUT2D eigenvalue weighted by atomic mass is 16.1. The van der Waals surface area contributed by atoms with Crippen molar-refractivity contribution in [3.05, 3.63) is 29.1 Å². The summed E-state index contributed by atoms with van der Waals surface area (Å²) in [4.78, 5) is 15.5. The highest BCUT2D eigenvalue weighted by Gasteiger charge is 2.19. The van der Waals surface area contributed by atoms with Crippen LogP contribution in [0.4, 0.5) is 0 Å². The number of aromatic nitrogens is 1. The van der Waals surface area contributed by atoms with Gasteiger partial charge in [0.2, 0.25) is 5.91 Å². The summed E-state index contributed by atoms with van der Waals surface area (Å²) in [5.74, 6) is 0.526. The second-order valence-electron chi connectivity index (χ2n) is 3.94. The molecule has 0 spiro atoms. The fraction of sp³-hybridized carbons (Fsp3) is 0.455. The molecule has 0 aliphatic carbocycles. The molecule has 14 heavy (non-hydrogen) atoms. The average molecular weight is 190 g/mol. The van der Waals surface area contributed by atoms with E-state index in [0.717, 1.165) is 11.3 Å². The Morgan fingerprint density at radius 1 is 1.50 bits per heavy atom. The third-order valence-corrected chi connectivity index (χ3v) is 2.55. The molecule has 1 aromatic heterocycles. The lowest BCUT2D eigenvalue weighted by Gasteiger charge is -2.20. The van der Waals surface area contributed by atoms with Gasteiger partial charge in [-0.05, 0) is 23.1 Å². The van der Waals surface area contributed by atoms with Crippen LogP contribution in [0.25, 0.3) is 0 Å². The van der Waals surface area contributed by atoms with Crippen LogP contribution in [0.1, 0.15) is 36.6 Å². The fourth-order valence-electron chi connectivity index (χ4n) is 1.84. The zero-order valence-corrected chi connectivity index (χ0v) is 8.50. The molecule has 0 radical (unpaired) electrons. The van der Waals surface area contributed by atoms with Gasteiger partial charge in [-0.2, -0.15) is 0 Å². The number of fused-ring (bicyclic) bond motifs is 1. The SMILES string of the molecule is CC(C)c1nccc2c1CNC(=O)C2. The number of carbonyl (C=O) groups excluding carboxylic acids is 1. The highest BCUT2D eigenvalue weighted by molar-refractivity contribution is 5.80. The van der Waals surface area contributed by atoms with E-state index in [1.54, 1.807) is 6.20 Å². The Kier molecular flexibility index (Phi) is 2.23. The topological polar surface area (TPSA) is 42.0 Å². The van der Waals surface area contributed by atoms with E-state index in [4.69, 9.17) is 0 Å². The third kappa shape index (κ3) is 1.50. The smallest absolute Gasteiger partial charge is 0.224 e. The first-order valence-electron chi connectivity index (χ1n) is 4.92. The van der Waals surface area contributed by atoms with Crippen molar-refractivity contribution in [2.75, 3.05) is 0 Å². The highest BCUT2D eigenvalue weighted by Crippen LogP contribution is 2.22. The van der Waals surface area contributed by atoms with Gasteiger partial charge in [0, 0.05) is 18.4 Å². The molecule has 1 aromatic rings. The van der Waals surface area contributed by atoms with Crippen molar-refractivity contribution in [2.45, 2.75) is 32.7 Å². The van der Waals surface area contributed by atoms with Gasteiger partial charge < -0.3 is 5.32 Å². The normalized spacial score (nSPS) is 15.2. The Hall–Kier alpha value is -1.38. The molecule has 2 heterocycles. The van der Waals surface area contributed by atoms with Crippen molar-refractivity contribution in [2.24, 2.45) is 0 Å². The predicted molar refractivity (Wildman–Crippen MR) is 53.9 cm³/mol. The molecule has 1 aliphatic rings. The van der Waals surface area contributed by atoms with E-state index in [1.165, 1.54) is 5.56 Å². The molecule has 0 unspecified atom stereocenters. The molecule has 1 aliphatic heterocycles. The van der Waals surface area contributed by atoms with E-state index < -0.39 is 0 Å². The summed E-state index contributed by atoms with van der Waals surface area (Å²) in [6, 6.07) is 1.94. The second-order valence-corrected chi connectivity index (χ2v) is 3.94. The minimum absolute atomic E-state index is 0.110. The van der Waals surface area contributed by atoms with Gasteiger partial charge in [-0.1, -0.05) is 13.8 Å². The standard InChI is InChI=1S/C11H14N2O/c1-7(2)11-9-6-13-10(14)5-8(9)3-4-12-11/h3-4,7H,5-6H2,1-2H3,(H,13,14). The molecule has 1 N–H and O–H groups in total. The number of rotatable bonds is 1. The number of nitrogens with zero attached hydrogens (tertiary/aromatic N) is 1. The molecule has 3 nitrogen and oxygen atoms in total. The molecular weight excluding hydrogens is 176 g/mol. The zero-order valence-electron chi connectivity index (χ0n) is 8.50. The summed E-state index contributed by atoms with van der Waals surface area (Å²) < 4.78 is 0. The molecule has 0 aromatic carbocycles. The van der Waals surface area contributed by atoms with Crippen molar-refractivity contribution in [3.63, 3.8) is 0 Å². The van der Waals surface area contributed by atoms with Gasteiger partial charge in [0.15, 0.2) is 0 Å². The maximum absolute atomic E-state index is 11.2. The van der Waals surface area contributed by atoms with E-state index in [2.05, 4.69) is 24.1 Å². The molecule has 74 valence electrons.